The summed E-state index contributed by atoms with van der Waals surface area (Å²) >= 11 is 0. The number of ketones is 1. The number of carbonyl (C=O) groups excluding carboxylic acids is 1. The highest BCUT2D eigenvalue weighted by Gasteiger charge is 2.84. The molecule has 6 rings (SSSR count). The van der Waals surface area contributed by atoms with Crippen LogP contribution in [0.1, 0.15) is 26.2 Å². The van der Waals surface area contributed by atoms with Gasteiger partial charge in [-0.2, -0.15) is 0 Å². The number of allylic oxidation sites excluding steroid dienone is 1. The largest absolute Gasteiger partial charge is 0.396 e. The van der Waals surface area contributed by atoms with E-state index in [0.717, 1.165) is 0 Å². The van der Waals surface area contributed by atoms with Crippen molar-refractivity contribution in [1.29, 1.82) is 0 Å². The predicted octanol–water partition coefficient (Wildman–Crippen LogP) is 0.153. The fraction of sp³-hybridized carbons (Fsp3) is 0.750. The van der Waals surface area contributed by atoms with E-state index in [-0.39, 0.29) is 24.9 Å². The van der Waals surface area contributed by atoms with Crippen molar-refractivity contribution in [1.82, 2.24) is 0 Å². The number of hydrogen-bond donors (Lipinski definition) is 4. The molecule has 9 atom stereocenters. The van der Waals surface area contributed by atoms with Gasteiger partial charge < -0.3 is 25.2 Å². The van der Waals surface area contributed by atoms with Gasteiger partial charge in [0.05, 0.1) is 18.1 Å². The van der Waals surface area contributed by atoms with Crippen LogP contribution in [0.4, 0.5) is 0 Å². The molecule has 4 aliphatic carbocycles. The van der Waals surface area contributed by atoms with Crippen molar-refractivity contribution in [2.24, 2.45) is 34.0 Å². The zero-order valence-electron chi connectivity index (χ0n) is 14.9. The number of hydrogen-bond acceptors (Lipinski definition) is 6. The second kappa shape index (κ2) is 4.67. The van der Waals surface area contributed by atoms with Crippen molar-refractivity contribution in [3.05, 3.63) is 24.3 Å². The Morgan fingerprint density at radius 2 is 2.12 bits per heavy atom. The standard InChI is InChI=1S/C20H26O6/c1-10-11-6-12(22)13-18-5-3-4-17(2,8-21)14(18)16(24)20(25,26-9-18)19(13,7-11)15(10)23/h3,5,11,13-16,21,23-25H,1,4,6-9H2,2H3/t11-,13+,14-,15-,16+,17+,18-,19+,20+/m1/s1. The lowest BCUT2D eigenvalue weighted by molar-refractivity contribution is -0.438. The van der Waals surface area contributed by atoms with Gasteiger partial charge in [-0.25, -0.2) is 0 Å². The van der Waals surface area contributed by atoms with Gasteiger partial charge in [-0.05, 0) is 24.3 Å². The van der Waals surface area contributed by atoms with Crippen molar-refractivity contribution >= 4 is 5.78 Å². The maximum absolute atomic E-state index is 13.3. The molecule has 3 saturated carbocycles. The lowest BCUT2D eigenvalue weighted by atomic mass is 9.37. The Hall–Kier alpha value is -1.05. The van der Waals surface area contributed by atoms with Crippen LogP contribution in [0.25, 0.3) is 0 Å². The van der Waals surface area contributed by atoms with Crippen LogP contribution in [-0.2, 0) is 9.53 Å². The first-order valence-electron chi connectivity index (χ1n) is 9.40. The molecule has 4 N–H and O–H groups in total. The molecule has 2 aliphatic heterocycles. The van der Waals surface area contributed by atoms with Crippen LogP contribution >= 0.6 is 0 Å². The second-order valence-electron chi connectivity index (χ2n) is 9.46. The molecule has 4 bridgehead atoms. The Morgan fingerprint density at radius 1 is 1.38 bits per heavy atom. The van der Waals surface area contributed by atoms with Crippen molar-refractivity contribution in [2.75, 3.05) is 13.2 Å². The number of carbonyl (C=O) groups is 1. The van der Waals surface area contributed by atoms with Gasteiger partial charge in [0.2, 0.25) is 5.79 Å². The van der Waals surface area contributed by atoms with E-state index < -0.39 is 46.1 Å². The smallest absolute Gasteiger partial charge is 0.201 e. The number of aliphatic hydroxyl groups excluding tert-OH is 3. The molecule has 26 heavy (non-hydrogen) atoms. The molecule has 6 nitrogen and oxygen atoms in total. The molecule has 6 heteroatoms. The van der Waals surface area contributed by atoms with E-state index in [2.05, 4.69) is 6.58 Å². The maximum Gasteiger partial charge on any atom is 0.201 e. The minimum Gasteiger partial charge on any atom is -0.396 e. The molecule has 2 saturated heterocycles. The van der Waals surface area contributed by atoms with Gasteiger partial charge >= 0.3 is 0 Å². The molecule has 0 aromatic rings. The van der Waals surface area contributed by atoms with Crippen LogP contribution in [0, 0.1) is 34.0 Å². The summed E-state index contributed by atoms with van der Waals surface area (Å²) in [5.41, 5.74) is -2.25. The van der Waals surface area contributed by atoms with E-state index in [1.54, 1.807) is 0 Å². The van der Waals surface area contributed by atoms with E-state index in [4.69, 9.17) is 4.74 Å². The lowest BCUT2D eigenvalue weighted by Gasteiger charge is -2.72. The highest BCUT2D eigenvalue weighted by atomic mass is 16.6. The predicted molar refractivity (Wildman–Crippen MR) is 90.6 cm³/mol. The van der Waals surface area contributed by atoms with E-state index >= 15 is 0 Å². The second-order valence-corrected chi connectivity index (χ2v) is 9.46. The summed E-state index contributed by atoms with van der Waals surface area (Å²) in [6.45, 7) is 5.79. The zero-order chi connectivity index (χ0) is 18.7. The number of fused-ring (bicyclic) bond motifs is 2. The molecule has 5 fully saturated rings. The van der Waals surface area contributed by atoms with Crippen LogP contribution in [0.15, 0.2) is 24.3 Å². The lowest BCUT2D eigenvalue weighted by Crippen LogP contribution is -2.82. The highest BCUT2D eigenvalue weighted by Crippen LogP contribution is 2.75. The third kappa shape index (κ3) is 1.46. The molecule has 0 aromatic heterocycles. The highest BCUT2D eigenvalue weighted by molar-refractivity contribution is 5.87. The van der Waals surface area contributed by atoms with Crippen molar-refractivity contribution in [3.63, 3.8) is 0 Å². The van der Waals surface area contributed by atoms with E-state index in [1.807, 2.05) is 19.1 Å². The van der Waals surface area contributed by atoms with Gasteiger partial charge in [0.15, 0.2) is 0 Å². The summed E-state index contributed by atoms with van der Waals surface area (Å²) in [6, 6.07) is 0. The number of ether oxygens (including phenoxy) is 1. The number of rotatable bonds is 1. The Bertz CT molecular complexity index is 747. The minimum absolute atomic E-state index is 0.00980. The first-order chi connectivity index (χ1) is 12.2. The third-order valence-electron chi connectivity index (χ3n) is 8.40. The van der Waals surface area contributed by atoms with Gasteiger partial charge in [-0.15, -0.1) is 0 Å². The Labute approximate surface area is 152 Å². The summed E-state index contributed by atoms with van der Waals surface area (Å²) in [7, 11) is 0. The summed E-state index contributed by atoms with van der Waals surface area (Å²) < 4.78 is 5.85. The van der Waals surface area contributed by atoms with E-state index in [9.17, 15) is 25.2 Å². The average molecular weight is 362 g/mol. The SMILES string of the molecule is C=C1[C@@H]2CC(=O)[C@H]3[C@]45C=CC[C@@](C)(CO)[C@H]4[C@H](O)[C@](O)(OC5)[C@]3(C2)[C@@H]1O. The van der Waals surface area contributed by atoms with Crippen molar-refractivity contribution in [2.45, 2.75) is 44.2 Å². The summed E-state index contributed by atoms with van der Waals surface area (Å²) in [6.07, 6.45) is 2.72. The first-order valence-corrected chi connectivity index (χ1v) is 9.40. The molecule has 0 aromatic carbocycles. The topological polar surface area (TPSA) is 107 Å². The van der Waals surface area contributed by atoms with Crippen LogP contribution < -0.4 is 0 Å². The van der Waals surface area contributed by atoms with Crippen molar-refractivity contribution in [3.8, 4) is 0 Å². The van der Waals surface area contributed by atoms with Crippen LogP contribution in [-0.4, -0.2) is 57.4 Å². The Kier molecular flexibility index (Phi) is 3.07. The molecule has 2 spiro atoms. The fourth-order valence-corrected chi connectivity index (χ4v) is 7.38. The minimum atomic E-state index is -2.03. The van der Waals surface area contributed by atoms with E-state index in [1.165, 1.54) is 0 Å². The first kappa shape index (κ1) is 17.1. The molecule has 0 unspecified atom stereocenters. The maximum atomic E-state index is 13.3. The van der Waals surface area contributed by atoms with Gasteiger partial charge in [-0.1, -0.05) is 25.7 Å². The fourth-order valence-electron chi connectivity index (χ4n) is 7.38. The van der Waals surface area contributed by atoms with E-state index in [0.29, 0.717) is 24.8 Å². The van der Waals surface area contributed by atoms with Crippen molar-refractivity contribution < 1.29 is 30.0 Å². The van der Waals surface area contributed by atoms with Gasteiger partial charge in [0.25, 0.3) is 0 Å². The molecular weight excluding hydrogens is 336 g/mol. The molecule has 0 amide bonds. The van der Waals surface area contributed by atoms with Gasteiger partial charge in [-0.3, -0.25) is 4.79 Å². The molecule has 0 radical (unpaired) electrons. The van der Waals surface area contributed by atoms with Crippen LogP contribution in [0.3, 0.4) is 0 Å². The summed E-state index contributed by atoms with van der Waals surface area (Å²) in [4.78, 5) is 13.3. The Balaban J connectivity index is 1.80. The van der Waals surface area contributed by atoms with Gasteiger partial charge in [0, 0.05) is 35.7 Å². The average Bonchev–Trinajstić information content (AvgIpc) is 2.80. The molecular formula is C20H26O6. The quantitative estimate of drug-likeness (QED) is 0.495. The number of Topliss-reactive ketones (excluding diaryl/α,β-unsaturated/α-hetero) is 1. The molecule has 6 aliphatic rings. The van der Waals surface area contributed by atoms with Crippen LogP contribution in [0.2, 0.25) is 0 Å². The summed E-state index contributed by atoms with van der Waals surface area (Å²) in [5, 5.41) is 44.0. The zero-order valence-corrected chi connectivity index (χ0v) is 14.9. The number of aliphatic hydroxyl groups is 4. The summed E-state index contributed by atoms with van der Waals surface area (Å²) in [5.74, 6) is -3.42. The van der Waals surface area contributed by atoms with Gasteiger partial charge in [0.1, 0.15) is 11.9 Å². The normalized spacial score (nSPS) is 60.1. The molecule has 142 valence electrons. The third-order valence-corrected chi connectivity index (χ3v) is 8.40. The van der Waals surface area contributed by atoms with Crippen LogP contribution in [0.5, 0.6) is 0 Å². The Morgan fingerprint density at radius 3 is 2.81 bits per heavy atom. The monoisotopic (exact) mass is 362 g/mol. The molecule has 2 heterocycles.